The summed E-state index contributed by atoms with van der Waals surface area (Å²) in [7, 11) is -0.731. The minimum Gasteiger partial charge on any atom is -0.210 e. The molecule has 4 nitrogen and oxygen atoms in total. The molecule has 0 aliphatic rings. The van der Waals surface area contributed by atoms with Crippen LogP contribution < -0.4 is 0 Å². The first-order chi connectivity index (χ1) is 7.00. The lowest BCUT2D eigenvalue weighted by Crippen LogP contribution is -2.27. The third-order valence-electron chi connectivity index (χ3n) is 2.03. The zero-order valence-electron chi connectivity index (χ0n) is 8.58. The minimum atomic E-state index is -3.57. The van der Waals surface area contributed by atoms with Crippen LogP contribution in [0.15, 0.2) is 30.3 Å². The second-order valence-corrected chi connectivity index (χ2v) is 5.48. The summed E-state index contributed by atoms with van der Waals surface area (Å²) in [6.45, 7) is 0. The van der Waals surface area contributed by atoms with Gasteiger partial charge in [0.2, 0.25) is 10.0 Å². The molecule has 1 unspecified atom stereocenters. The second kappa shape index (κ2) is 4.43. The van der Waals surface area contributed by atoms with Crippen LogP contribution in [0.3, 0.4) is 0 Å². The number of rotatable bonds is 3. The van der Waals surface area contributed by atoms with Crippen LogP contribution in [0, 0.1) is 11.3 Å². The summed E-state index contributed by atoms with van der Waals surface area (Å²) < 4.78 is 24.6. The normalized spacial score (nSPS) is 13.5. The second-order valence-electron chi connectivity index (χ2n) is 3.25. The molecular formula is C10H12N2O2S. The lowest BCUT2D eigenvalue weighted by Gasteiger charge is -2.16. The van der Waals surface area contributed by atoms with Crippen LogP contribution in [-0.4, -0.2) is 26.8 Å². The molecule has 1 aromatic rings. The lowest BCUT2D eigenvalue weighted by molar-refractivity contribution is 0.515. The van der Waals surface area contributed by atoms with Crippen LogP contribution in [0.25, 0.3) is 0 Å². The van der Waals surface area contributed by atoms with Crippen molar-refractivity contribution in [2.24, 2.45) is 0 Å². The molecule has 0 N–H and O–H groups in total. The third-order valence-corrected chi connectivity index (χ3v) is 4.02. The monoisotopic (exact) mass is 224 g/mol. The van der Waals surface area contributed by atoms with Gasteiger partial charge in [-0.25, -0.2) is 12.7 Å². The van der Waals surface area contributed by atoms with Crippen molar-refractivity contribution in [1.82, 2.24) is 4.31 Å². The topological polar surface area (TPSA) is 61.2 Å². The maximum Gasteiger partial charge on any atom is 0.234 e. The van der Waals surface area contributed by atoms with Gasteiger partial charge in [0.15, 0.2) is 5.25 Å². The van der Waals surface area contributed by atoms with E-state index >= 15 is 0 Å². The summed E-state index contributed by atoms with van der Waals surface area (Å²) >= 11 is 0. The van der Waals surface area contributed by atoms with Crippen molar-refractivity contribution in [2.75, 3.05) is 14.1 Å². The van der Waals surface area contributed by atoms with Crippen molar-refractivity contribution < 1.29 is 8.42 Å². The summed E-state index contributed by atoms with van der Waals surface area (Å²) in [5.74, 6) is 0. The van der Waals surface area contributed by atoms with Crippen LogP contribution in [0.1, 0.15) is 10.8 Å². The van der Waals surface area contributed by atoms with E-state index in [1.54, 1.807) is 30.3 Å². The third kappa shape index (κ3) is 2.35. The summed E-state index contributed by atoms with van der Waals surface area (Å²) in [5.41, 5.74) is 0.494. The zero-order valence-corrected chi connectivity index (χ0v) is 9.40. The SMILES string of the molecule is CN(C)S(=O)(=O)C(C#N)c1ccccc1. The fraction of sp³-hybridized carbons (Fsp3) is 0.300. The van der Waals surface area contributed by atoms with Gasteiger partial charge < -0.3 is 0 Å². The van der Waals surface area contributed by atoms with Gasteiger partial charge in [0.25, 0.3) is 0 Å². The van der Waals surface area contributed by atoms with E-state index in [1.807, 2.05) is 6.07 Å². The summed E-state index contributed by atoms with van der Waals surface area (Å²) in [5, 5.41) is 7.78. The quantitative estimate of drug-likeness (QED) is 0.773. The first-order valence-electron chi connectivity index (χ1n) is 4.36. The Labute approximate surface area is 89.8 Å². The molecule has 0 aliphatic carbocycles. The van der Waals surface area contributed by atoms with Crippen molar-refractivity contribution in [3.05, 3.63) is 35.9 Å². The highest BCUT2D eigenvalue weighted by atomic mass is 32.2. The molecule has 0 radical (unpaired) electrons. The summed E-state index contributed by atoms with van der Waals surface area (Å²) in [6.07, 6.45) is 0. The Morgan fingerprint density at radius 2 is 1.80 bits per heavy atom. The molecule has 1 aromatic carbocycles. The number of hydrogen-bond acceptors (Lipinski definition) is 3. The highest BCUT2D eigenvalue weighted by Gasteiger charge is 2.28. The minimum absolute atomic E-state index is 0.494. The Kier molecular flexibility index (Phi) is 3.45. The number of benzene rings is 1. The molecule has 0 aromatic heterocycles. The first-order valence-corrected chi connectivity index (χ1v) is 5.86. The van der Waals surface area contributed by atoms with Gasteiger partial charge in [-0.15, -0.1) is 0 Å². The predicted molar refractivity (Wildman–Crippen MR) is 57.4 cm³/mol. The molecule has 80 valence electrons. The molecule has 0 aliphatic heterocycles. The molecular weight excluding hydrogens is 212 g/mol. The lowest BCUT2D eigenvalue weighted by atomic mass is 10.2. The standard InChI is InChI=1S/C10H12N2O2S/c1-12(2)15(13,14)10(8-11)9-6-4-3-5-7-9/h3-7,10H,1-2H3. The fourth-order valence-electron chi connectivity index (χ4n) is 1.15. The van der Waals surface area contributed by atoms with Gasteiger partial charge in [0.1, 0.15) is 0 Å². The molecule has 0 saturated carbocycles. The van der Waals surface area contributed by atoms with Gasteiger partial charge in [-0.1, -0.05) is 30.3 Å². The summed E-state index contributed by atoms with van der Waals surface area (Å²) in [4.78, 5) is 0. The van der Waals surface area contributed by atoms with Gasteiger partial charge in [-0.05, 0) is 5.56 Å². The highest BCUT2D eigenvalue weighted by Crippen LogP contribution is 2.22. The fourth-order valence-corrected chi connectivity index (χ4v) is 2.21. The molecule has 0 bridgehead atoms. The van der Waals surface area contributed by atoms with Crippen molar-refractivity contribution in [2.45, 2.75) is 5.25 Å². The van der Waals surface area contributed by atoms with E-state index in [1.165, 1.54) is 14.1 Å². The van der Waals surface area contributed by atoms with E-state index in [-0.39, 0.29) is 0 Å². The maximum absolute atomic E-state index is 11.8. The molecule has 0 spiro atoms. The summed E-state index contributed by atoms with van der Waals surface area (Å²) in [6, 6.07) is 10.3. The van der Waals surface area contributed by atoms with Crippen molar-refractivity contribution in [3.8, 4) is 6.07 Å². The molecule has 0 heterocycles. The van der Waals surface area contributed by atoms with Crippen LogP contribution in [0.5, 0.6) is 0 Å². The van der Waals surface area contributed by atoms with Crippen molar-refractivity contribution in [3.63, 3.8) is 0 Å². The Morgan fingerprint density at radius 3 is 2.20 bits per heavy atom. The molecule has 1 atom stereocenters. The number of nitriles is 1. The van der Waals surface area contributed by atoms with Crippen molar-refractivity contribution >= 4 is 10.0 Å². The molecule has 1 rings (SSSR count). The van der Waals surface area contributed by atoms with Gasteiger partial charge in [0, 0.05) is 14.1 Å². The van der Waals surface area contributed by atoms with E-state index < -0.39 is 15.3 Å². The average Bonchev–Trinajstić information content (AvgIpc) is 2.19. The Balaban J connectivity index is 3.19. The maximum atomic E-state index is 11.8. The Bertz CT molecular complexity index is 460. The Morgan fingerprint density at radius 1 is 1.27 bits per heavy atom. The van der Waals surface area contributed by atoms with E-state index in [0.717, 1.165) is 4.31 Å². The van der Waals surface area contributed by atoms with Crippen LogP contribution >= 0.6 is 0 Å². The molecule has 5 heteroatoms. The van der Waals surface area contributed by atoms with Gasteiger partial charge in [-0.2, -0.15) is 5.26 Å². The van der Waals surface area contributed by atoms with Gasteiger partial charge >= 0.3 is 0 Å². The Hall–Kier alpha value is -1.38. The van der Waals surface area contributed by atoms with Crippen LogP contribution in [0.4, 0.5) is 0 Å². The first kappa shape index (κ1) is 11.7. The average molecular weight is 224 g/mol. The van der Waals surface area contributed by atoms with E-state index in [9.17, 15) is 8.42 Å². The highest BCUT2D eigenvalue weighted by molar-refractivity contribution is 7.89. The number of sulfonamides is 1. The number of nitrogens with zero attached hydrogens (tertiary/aromatic N) is 2. The van der Waals surface area contributed by atoms with Crippen LogP contribution in [0.2, 0.25) is 0 Å². The molecule has 0 amide bonds. The molecule has 15 heavy (non-hydrogen) atoms. The van der Waals surface area contributed by atoms with E-state index in [4.69, 9.17) is 5.26 Å². The zero-order chi connectivity index (χ0) is 11.5. The smallest absolute Gasteiger partial charge is 0.210 e. The molecule has 0 saturated heterocycles. The van der Waals surface area contributed by atoms with Gasteiger partial charge in [0.05, 0.1) is 6.07 Å². The van der Waals surface area contributed by atoms with E-state index in [0.29, 0.717) is 5.56 Å². The van der Waals surface area contributed by atoms with Crippen LogP contribution in [-0.2, 0) is 10.0 Å². The van der Waals surface area contributed by atoms with E-state index in [2.05, 4.69) is 0 Å². The number of hydrogen-bond donors (Lipinski definition) is 0. The predicted octanol–water partition coefficient (Wildman–Crippen LogP) is 1.14. The van der Waals surface area contributed by atoms with Crippen molar-refractivity contribution in [1.29, 1.82) is 5.26 Å². The van der Waals surface area contributed by atoms with Gasteiger partial charge in [-0.3, -0.25) is 0 Å². The molecule has 0 fully saturated rings. The largest absolute Gasteiger partial charge is 0.234 e.